The number of piperazine rings is 1. The molecule has 0 radical (unpaired) electrons. The number of hydrogen-bond donors (Lipinski definition) is 1. The molecule has 0 aromatic carbocycles. The maximum absolute atomic E-state index is 12.4. The van der Waals surface area contributed by atoms with Gasteiger partial charge in [0.25, 0.3) is 0 Å². The van der Waals surface area contributed by atoms with Gasteiger partial charge in [0.2, 0.25) is 5.91 Å². The Hall–Kier alpha value is -0.650. The van der Waals surface area contributed by atoms with E-state index in [1.807, 2.05) is 0 Å². The first-order valence-electron chi connectivity index (χ1n) is 10.2. The zero-order valence-electron chi connectivity index (χ0n) is 15.2. The molecule has 1 atom stereocenters. The molecule has 0 aromatic heterocycles. The summed E-state index contributed by atoms with van der Waals surface area (Å²) in [6.07, 6.45) is 11.8. The zero-order chi connectivity index (χ0) is 16.6. The van der Waals surface area contributed by atoms with Gasteiger partial charge in [0.1, 0.15) is 0 Å². The van der Waals surface area contributed by atoms with Crippen LogP contribution in [0.4, 0.5) is 0 Å². The van der Waals surface area contributed by atoms with Crippen molar-refractivity contribution >= 4 is 5.91 Å². The number of nitrogens with one attached hydrogen (secondary N) is 1. The molecule has 0 bridgehead atoms. The lowest BCUT2D eigenvalue weighted by Crippen LogP contribution is -2.51. The first-order valence-corrected chi connectivity index (χ1v) is 10.2. The van der Waals surface area contributed by atoms with Crippen LogP contribution in [-0.2, 0) is 9.53 Å². The molecule has 24 heavy (non-hydrogen) atoms. The van der Waals surface area contributed by atoms with E-state index in [2.05, 4.69) is 15.1 Å². The molecule has 3 rings (SSSR count). The van der Waals surface area contributed by atoms with Crippen LogP contribution in [0.15, 0.2) is 0 Å². The minimum atomic E-state index is 0.230. The quantitative estimate of drug-likeness (QED) is 0.833. The van der Waals surface area contributed by atoms with Crippen molar-refractivity contribution in [3.63, 3.8) is 0 Å². The van der Waals surface area contributed by atoms with E-state index in [-0.39, 0.29) is 5.91 Å². The number of carbonyl (C=O) groups excluding carboxylic acids is 1. The molecule has 1 aliphatic carbocycles. The van der Waals surface area contributed by atoms with Gasteiger partial charge in [0, 0.05) is 45.4 Å². The number of ether oxygens (including phenoxy) is 1. The van der Waals surface area contributed by atoms with Crippen molar-refractivity contribution in [1.29, 1.82) is 0 Å². The van der Waals surface area contributed by atoms with Crippen LogP contribution in [0, 0.1) is 0 Å². The van der Waals surface area contributed by atoms with E-state index in [0.717, 1.165) is 39.3 Å². The standard InChI is InChI=1S/C19H35N3O2/c23-19(20-17-7-4-2-1-3-5-8-17)16-22-12-10-21(11-13-22)15-18-9-6-14-24-18/h17-18H,1-16H2,(H,20,23). The van der Waals surface area contributed by atoms with Crippen LogP contribution >= 0.6 is 0 Å². The van der Waals surface area contributed by atoms with Crippen LogP contribution in [0.1, 0.15) is 57.8 Å². The largest absolute Gasteiger partial charge is 0.377 e. The van der Waals surface area contributed by atoms with Gasteiger partial charge in [-0.25, -0.2) is 0 Å². The third-order valence-corrected chi connectivity index (χ3v) is 5.79. The highest BCUT2D eigenvalue weighted by atomic mass is 16.5. The van der Waals surface area contributed by atoms with Gasteiger partial charge in [-0.15, -0.1) is 0 Å². The summed E-state index contributed by atoms with van der Waals surface area (Å²) in [5.41, 5.74) is 0. The molecule has 5 nitrogen and oxygen atoms in total. The number of carbonyl (C=O) groups is 1. The molecule has 3 aliphatic rings. The third-order valence-electron chi connectivity index (χ3n) is 5.79. The zero-order valence-corrected chi connectivity index (χ0v) is 15.2. The van der Waals surface area contributed by atoms with Gasteiger partial charge in [-0.1, -0.05) is 32.1 Å². The topological polar surface area (TPSA) is 44.8 Å². The summed E-state index contributed by atoms with van der Waals surface area (Å²) in [6, 6.07) is 0.415. The Morgan fingerprint density at radius 2 is 1.54 bits per heavy atom. The Morgan fingerprint density at radius 3 is 2.21 bits per heavy atom. The molecular formula is C19H35N3O2. The van der Waals surface area contributed by atoms with E-state index in [0.29, 0.717) is 18.7 Å². The average Bonchev–Trinajstić information content (AvgIpc) is 3.05. The Kier molecular flexibility index (Phi) is 7.36. The van der Waals surface area contributed by atoms with Gasteiger partial charge < -0.3 is 10.1 Å². The molecule has 2 saturated heterocycles. The SMILES string of the molecule is O=C(CN1CCN(CC2CCCO2)CC1)NC1CCCCCCC1. The van der Waals surface area contributed by atoms with Gasteiger partial charge in [-0.3, -0.25) is 14.6 Å². The van der Waals surface area contributed by atoms with E-state index in [1.54, 1.807) is 0 Å². The highest BCUT2D eigenvalue weighted by Crippen LogP contribution is 2.17. The predicted molar refractivity (Wildman–Crippen MR) is 96.1 cm³/mol. The fourth-order valence-electron chi connectivity index (χ4n) is 4.28. The van der Waals surface area contributed by atoms with Crippen molar-refractivity contribution in [1.82, 2.24) is 15.1 Å². The molecule has 3 fully saturated rings. The second kappa shape index (κ2) is 9.73. The number of hydrogen-bond acceptors (Lipinski definition) is 4. The average molecular weight is 338 g/mol. The number of rotatable bonds is 5. The van der Waals surface area contributed by atoms with Crippen LogP contribution in [-0.4, -0.2) is 73.7 Å². The molecule has 138 valence electrons. The lowest BCUT2D eigenvalue weighted by atomic mass is 9.97. The second-order valence-corrected chi connectivity index (χ2v) is 7.82. The van der Waals surface area contributed by atoms with E-state index in [9.17, 15) is 4.79 Å². The smallest absolute Gasteiger partial charge is 0.234 e. The minimum absolute atomic E-state index is 0.230. The molecule has 1 N–H and O–H groups in total. The van der Waals surface area contributed by atoms with Crippen LogP contribution in [0.3, 0.4) is 0 Å². The van der Waals surface area contributed by atoms with Gasteiger partial charge in [0.15, 0.2) is 0 Å². The fraction of sp³-hybridized carbons (Fsp3) is 0.947. The Labute approximate surface area is 147 Å². The molecule has 2 aliphatic heterocycles. The van der Waals surface area contributed by atoms with Crippen molar-refractivity contribution in [2.24, 2.45) is 0 Å². The molecular weight excluding hydrogens is 302 g/mol. The minimum Gasteiger partial charge on any atom is -0.377 e. The fourth-order valence-corrected chi connectivity index (χ4v) is 4.28. The summed E-state index contributed by atoms with van der Waals surface area (Å²) in [5.74, 6) is 0.230. The molecule has 5 heteroatoms. The first kappa shape index (κ1) is 18.2. The number of nitrogens with zero attached hydrogens (tertiary/aromatic N) is 2. The summed E-state index contributed by atoms with van der Waals surface area (Å²) < 4.78 is 5.73. The summed E-state index contributed by atoms with van der Waals surface area (Å²) in [6.45, 7) is 6.72. The molecule has 1 unspecified atom stereocenters. The lowest BCUT2D eigenvalue weighted by molar-refractivity contribution is -0.123. The maximum atomic E-state index is 12.4. The monoisotopic (exact) mass is 337 g/mol. The van der Waals surface area contributed by atoms with Crippen LogP contribution in [0.25, 0.3) is 0 Å². The van der Waals surface area contributed by atoms with E-state index >= 15 is 0 Å². The van der Waals surface area contributed by atoms with Crippen molar-refractivity contribution < 1.29 is 9.53 Å². The van der Waals surface area contributed by atoms with Crippen LogP contribution < -0.4 is 5.32 Å². The Bertz CT molecular complexity index is 369. The Balaban J connectivity index is 1.32. The lowest BCUT2D eigenvalue weighted by Gasteiger charge is -2.35. The van der Waals surface area contributed by atoms with Crippen molar-refractivity contribution in [3.05, 3.63) is 0 Å². The first-order chi connectivity index (χ1) is 11.8. The highest BCUT2D eigenvalue weighted by Gasteiger charge is 2.24. The summed E-state index contributed by atoms with van der Waals surface area (Å²) in [4.78, 5) is 17.2. The van der Waals surface area contributed by atoms with Crippen molar-refractivity contribution in [3.8, 4) is 0 Å². The molecule has 1 amide bonds. The van der Waals surface area contributed by atoms with Crippen molar-refractivity contribution in [2.75, 3.05) is 45.9 Å². The molecule has 2 heterocycles. The van der Waals surface area contributed by atoms with Crippen LogP contribution in [0.5, 0.6) is 0 Å². The van der Waals surface area contributed by atoms with Gasteiger partial charge in [-0.05, 0) is 25.7 Å². The van der Waals surface area contributed by atoms with Crippen LogP contribution in [0.2, 0.25) is 0 Å². The maximum Gasteiger partial charge on any atom is 0.234 e. The Morgan fingerprint density at radius 1 is 0.875 bits per heavy atom. The molecule has 1 saturated carbocycles. The summed E-state index contributed by atoms with van der Waals surface area (Å²) >= 11 is 0. The van der Waals surface area contributed by atoms with E-state index in [1.165, 1.54) is 57.8 Å². The molecule has 0 spiro atoms. The second-order valence-electron chi connectivity index (χ2n) is 7.82. The highest BCUT2D eigenvalue weighted by molar-refractivity contribution is 5.78. The summed E-state index contributed by atoms with van der Waals surface area (Å²) in [5, 5.41) is 3.29. The number of amides is 1. The van der Waals surface area contributed by atoms with Gasteiger partial charge in [-0.2, -0.15) is 0 Å². The van der Waals surface area contributed by atoms with E-state index < -0.39 is 0 Å². The third kappa shape index (κ3) is 6.01. The molecule has 0 aromatic rings. The van der Waals surface area contributed by atoms with Gasteiger partial charge in [0.05, 0.1) is 12.6 Å². The van der Waals surface area contributed by atoms with Crippen molar-refractivity contribution in [2.45, 2.75) is 69.9 Å². The van der Waals surface area contributed by atoms with Gasteiger partial charge >= 0.3 is 0 Å². The predicted octanol–water partition coefficient (Wildman–Crippen LogP) is 2.01. The summed E-state index contributed by atoms with van der Waals surface area (Å²) in [7, 11) is 0. The van der Waals surface area contributed by atoms with E-state index in [4.69, 9.17) is 4.74 Å². The normalized spacial score (nSPS) is 28.4.